The highest BCUT2D eigenvalue weighted by molar-refractivity contribution is 9.10. The number of benzene rings is 1. The number of nitrogens with two attached hydrogens (primary N) is 1. The molecule has 4 rings (SSSR count). The number of carboxylic acid groups (broad SMARTS) is 1. The van der Waals surface area contributed by atoms with E-state index < -0.39 is 17.6 Å². The van der Waals surface area contributed by atoms with Crippen molar-refractivity contribution in [1.29, 1.82) is 0 Å². The summed E-state index contributed by atoms with van der Waals surface area (Å²) >= 11 is 3.55. The van der Waals surface area contributed by atoms with E-state index in [2.05, 4.69) is 31.1 Å². The fourth-order valence-electron chi connectivity index (χ4n) is 4.28. The van der Waals surface area contributed by atoms with Gasteiger partial charge in [0.15, 0.2) is 11.6 Å². The summed E-state index contributed by atoms with van der Waals surface area (Å²) < 4.78 is 27.5. The first-order chi connectivity index (χ1) is 16.7. The first kappa shape index (κ1) is 24.7. The predicted octanol–water partition coefficient (Wildman–Crippen LogP) is 5.95. The zero-order valence-electron chi connectivity index (χ0n) is 18.9. The maximum absolute atomic E-state index is 13.6. The Morgan fingerprint density at radius 1 is 1.09 bits per heavy atom. The van der Waals surface area contributed by atoms with Gasteiger partial charge < -0.3 is 10.8 Å². The third-order valence-electron chi connectivity index (χ3n) is 6.27. The highest BCUT2D eigenvalue weighted by Crippen LogP contribution is 2.39. The second-order valence-corrected chi connectivity index (χ2v) is 9.33. The number of nitrogen functional groups attached to an aromatic ring is 1. The second kappa shape index (κ2) is 10.5. The van der Waals surface area contributed by atoms with Crippen molar-refractivity contribution in [1.82, 2.24) is 20.2 Å². The SMILES string of the molecule is Cc1nc(C2CCC(C(=O)O)CC2)c(Br)c(N)[nH]ncc1-c1ccc(-c2ccc(F)c(F)c2)nc1. The van der Waals surface area contributed by atoms with E-state index in [1.807, 2.05) is 13.0 Å². The number of nitrogens with one attached hydrogen (secondary N) is 1. The number of aromatic amines is 1. The van der Waals surface area contributed by atoms with Crippen molar-refractivity contribution in [3.05, 3.63) is 70.2 Å². The molecule has 4 N–H and O–H groups in total. The van der Waals surface area contributed by atoms with Gasteiger partial charge >= 0.3 is 5.97 Å². The lowest BCUT2D eigenvalue weighted by Crippen LogP contribution is -2.21. The molecule has 0 spiro atoms. The van der Waals surface area contributed by atoms with E-state index >= 15 is 0 Å². The van der Waals surface area contributed by atoms with Gasteiger partial charge in [0.2, 0.25) is 0 Å². The van der Waals surface area contributed by atoms with Crippen LogP contribution in [0.4, 0.5) is 14.6 Å². The summed E-state index contributed by atoms with van der Waals surface area (Å²) in [7, 11) is 0. The van der Waals surface area contributed by atoms with Crippen LogP contribution in [0.15, 0.2) is 47.2 Å². The largest absolute Gasteiger partial charge is 0.481 e. The summed E-state index contributed by atoms with van der Waals surface area (Å²) in [6, 6.07) is 7.17. The summed E-state index contributed by atoms with van der Waals surface area (Å²) in [5.74, 6) is -2.59. The maximum Gasteiger partial charge on any atom is 0.306 e. The van der Waals surface area contributed by atoms with Crippen molar-refractivity contribution >= 4 is 27.7 Å². The average molecular weight is 544 g/mol. The molecular weight excluding hydrogens is 520 g/mol. The number of carbonyl (C=O) groups is 1. The zero-order chi connectivity index (χ0) is 25.1. The Bertz CT molecular complexity index is 1300. The van der Waals surface area contributed by atoms with Gasteiger partial charge in [0.1, 0.15) is 5.82 Å². The number of aromatic nitrogens is 4. The van der Waals surface area contributed by atoms with Gasteiger partial charge in [0, 0.05) is 34.5 Å². The molecule has 3 aromatic rings. The quantitative estimate of drug-likeness (QED) is 0.374. The minimum atomic E-state index is -0.934. The van der Waals surface area contributed by atoms with Gasteiger partial charge in [0.25, 0.3) is 0 Å². The van der Waals surface area contributed by atoms with Crippen LogP contribution in [0.5, 0.6) is 0 Å². The van der Waals surface area contributed by atoms with Crippen LogP contribution in [0.3, 0.4) is 0 Å². The first-order valence-corrected chi connectivity index (χ1v) is 11.9. The second-order valence-electron chi connectivity index (χ2n) is 8.54. The van der Waals surface area contributed by atoms with Gasteiger partial charge in [-0.2, -0.15) is 5.10 Å². The summed E-state index contributed by atoms with van der Waals surface area (Å²) in [5.41, 5.74) is 9.99. The number of hydrogen-bond acceptors (Lipinski definition) is 5. The van der Waals surface area contributed by atoms with Crippen LogP contribution in [0.2, 0.25) is 0 Å². The minimum Gasteiger partial charge on any atom is -0.481 e. The molecule has 0 amide bonds. The molecular formula is C25H24BrF2N5O2. The molecule has 2 aromatic heterocycles. The number of H-pyrrole nitrogens is 1. The normalized spacial score (nSPS) is 17.6. The Balaban J connectivity index is 1.72. The van der Waals surface area contributed by atoms with Crippen LogP contribution >= 0.6 is 15.9 Å². The lowest BCUT2D eigenvalue weighted by molar-refractivity contribution is -0.142. The van der Waals surface area contributed by atoms with E-state index in [-0.39, 0.29) is 11.8 Å². The number of nitrogens with zero attached hydrogens (tertiary/aromatic N) is 3. The lowest BCUT2D eigenvalue weighted by Gasteiger charge is -2.26. The zero-order valence-corrected chi connectivity index (χ0v) is 20.5. The van der Waals surface area contributed by atoms with E-state index in [4.69, 9.17) is 10.7 Å². The lowest BCUT2D eigenvalue weighted by atomic mass is 9.80. The Labute approximate surface area is 209 Å². The molecule has 1 aliphatic carbocycles. The van der Waals surface area contributed by atoms with Crippen molar-refractivity contribution in [2.75, 3.05) is 5.73 Å². The van der Waals surface area contributed by atoms with E-state index in [0.717, 1.165) is 23.4 Å². The molecule has 1 aromatic carbocycles. The number of anilines is 1. The fraction of sp³-hybridized carbons (Fsp3) is 0.280. The number of halogens is 3. The molecule has 0 unspecified atom stereocenters. The minimum absolute atomic E-state index is 0.0449. The van der Waals surface area contributed by atoms with E-state index in [1.54, 1.807) is 18.5 Å². The Morgan fingerprint density at radius 3 is 2.43 bits per heavy atom. The van der Waals surface area contributed by atoms with Gasteiger partial charge in [-0.05, 0) is 72.8 Å². The summed E-state index contributed by atoms with van der Waals surface area (Å²) in [6.45, 7) is 1.86. The molecule has 182 valence electrons. The molecule has 35 heavy (non-hydrogen) atoms. The van der Waals surface area contributed by atoms with Crippen molar-refractivity contribution in [3.63, 3.8) is 0 Å². The molecule has 10 heteroatoms. The highest BCUT2D eigenvalue weighted by atomic mass is 79.9. The van der Waals surface area contributed by atoms with Crippen LogP contribution in [-0.4, -0.2) is 31.2 Å². The van der Waals surface area contributed by atoms with E-state index in [9.17, 15) is 18.7 Å². The van der Waals surface area contributed by atoms with Crippen molar-refractivity contribution in [2.45, 2.75) is 38.5 Å². The van der Waals surface area contributed by atoms with Crippen molar-refractivity contribution in [3.8, 4) is 22.4 Å². The monoisotopic (exact) mass is 543 g/mol. The van der Waals surface area contributed by atoms with Crippen LogP contribution in [0.1, 0.15) is 43.0 Å². The highest BCUT2D eigenvalue weighted by Gasteiger charge is 2.29. The van der Waals surface area contributed by atoms with Gasteiger partial charge in [-0.25, -0.2) is 8.78 Å². The summed E-state index contributed by atoms with van der Waals surface area (Å²) in [5, 5.41) is 16.4. The van der Waals surface area contributed by atoms with Crippen molar-refractivity contribution in [2.24, 2.45) is 5.92 Å². The Kier molecular flexibility index (Phi) is 7.39. The Hall–Kier alpha value is -3.40. The molecule has 0 saturated heterocycles. The number of aryl methyl sites for hydroxylation is 1. The molecule has 0 atom stereocenters. The van der Waals surface area contributed by atoms with Crippen LogP contribution in [0.25, 0.3) is 22.4 Å². The standard InChI is InChI=1S/C25H24BrF2N5O2/c1-13-18(17-7-9-21(30-11-17)16-6-8-19(27)20(28)10-16)12-31-33-24(29)22(26)23(32-13)14-2-4-15(5-3-14)25(34)35/h6-12,14-15,33H,2-5,29H2,1H3,(H,34,35). The number of hydrogen-bond donors (Lipinski definition) is 3. The van der Waals surface area contributed by atoms with Gasteiger partial charge in [-0.15, -0.1) is 0 Å². The smallest absolute Gasteiger partial charge is 0.306 e. The van der Waals surface area contributed by atoms with Crippen molar-refractivity contribution < 1.29 is 18.7 Å². The van der Waals surface area contributed by atoms with Crippen LogP contribution in [0, 0.1) is 24.5 Å². The maximum atomic E-state index is 13.6. The molecule has 0 bridgehead atoms. The molecule has 1 aliphatic rings. The number of rotatable bonds is 4. The molecule has 7 nitrogen and oxygen atoms in total. The summed E-state index contributed by atoms with van der Waals surface area (Å²) in [6.07, 6.45) is 5.75. The summed E-state index contributed by atoms with van der Waals surface area (Å²) in [4.78, 5) is 20.7. The molecule has 0 aliphatic heterocycles. The number of carboxylic acids is 1. The first-order valence-electron chi connectivity index (χ1n) is 11.1. The van der Waals surface area contributed by atoms with E-state index in [1.165, 1.54) is 6.07 Å². The molecule has 0 radical (unpaired) electrons. The van der Waals surface area contributed by atoms with Gasteiger partial charge in [-0.1, -0.05) is 6.07 Å². The fourth-order valence-corrected chi connectivity index (χ4v) is 4.79. The van der Waals surface area contributed by atoms with Gasteiger partial charge in [0.05, 0.1) is 28.0 Å². The number of aliphatic carboxylic acids is 1. The predicted molar refractivity (Wildman–Crippen MR) is 132 cm³/mol. The third-order valence-corrected chi connectivity index (χ3v) is 7.10. The van der Waals surface area contributed by atoms with Crippen LogP contribution in [-0.2, 0) is 4.79 Å². The topological polar surface area (TPSA) is 118 Å². The van der Waals surface area contributed by atoms with Gasteiger partial charge in [-0.3, -0.25) is 19.9 Å². The molecule has 2 heterocycles. The third kappa shape index (κ3) is 5.48. The molecule has 1 saturated carbocycles. The molecule has 1 fully saturated rings. The Morgan fingerprint density at radius 2 is 1.80 bits per heavy atom. The van der Waals surface area contributed by atoms with Crippen LogP contribution < -0.4 is 5.73 Å². The average Bonchev–Trinajstić information content (AvgIpc) is 2.91. The number of pyridine rings is 1. The van der Waals surface area contributed by atoms with E-state index in [0.29, 0.717) is 58.5 Å².